The minimum Gasteiger partial charge on any atom is -0.310 e. The summed E-state index contributed by atoms with van der Waals surface area (Å²) in [7, 11) is 0. The maximum Gasteiger partial charge on any atom is 0.252 e. The van der Waals surface area contributed by atoms with Gasteiger partial charge in [-0.05, 0) is 56.5 Å². The summed E-state index contributed by atoms with van der Waals surface area (Å²) >= 11 is 0. The molecular weight excluding hydrogens is 388 g/mol. The molecule has 0 N–H and O–H groups in total. The Bertz CT molecular complexity index is 1380. The van der Waals surface area contributed by atoms with Gasteiger partial charge in [-0.2, -0.15) is 5.10 Å². The molecule has 0 saturated heterocycles. The smallest absolute Gasteiger partial charge is 0.252 e. The van der Waals surface area contributed by atoms with Crippen molar-refractivity contribution in [1.82, 2.24) is 14.3 Å². The van der Waals surface area contributed by atoms with Crippen LogP contribution in [0.15, 0.2) is 59.4 Å². The lowest BCUT2D eigenvalue weighted by atomic mass is 10.1. The Hall–Kier alpha value is -3.67. The van der Waals surface area contributed by atoms with E-state index in [1.165, 1.54) is 0 Å². The summed E-state index contributed by atoms with van der Waals surface area (Å²) in [5.74, 6) is -0.0912. The third-order valence-corrected chi connectivity index (χ3v) is 6.05. The van der Waals surface area contributed by atoms with Crippen molar-refractivity contribution in [3.05, 3.63) is 87.3 Å². The van der Waals surface area contributed by atoms with Gasteiger partial charge >= 0.3 is 0 Å². The summed E-state index contributed by atoms with van der Waals surface area (Å²) in [5.41, 5.74) is 6.28. The molecule has 6 nitrogen and oxygen atoms in total. The highest BCUT2D eigenvalue weighted by Crippen LogP contribution is 2.28. The van der Waals surface area contributed by atoms with Crippen molar-refractivity contribution in [3.8, 4) is 5.69 Å². The normalized spacial score (nSPS) is 13.1. The monoisotopic (exact) mass is 412 g/mol. The Morgan fingerprint density at radius 3 is 2.55 bits per heavy atom. The van der Waals surface area contributed by atoms with Gasteiger partial charge in [-0.15, -0.1) is 0 Å². The van der Waals surface area contributed by atoms with Crippen molar-refractivity contribution >= 4 is 22.6 Å². The zero-order valence-corrected chi connectivity index (χ0v) is 17.9. The first-order valence-corrected chi connectivity index (χ1v) is 10.5. The van der Waals surface area contributed by atoms with E-state index in [0.29, 0.717) is 12.2 Å². The molecule has 0 aliphatic carbocycles. The van der Waals surface area contributed by atoms with Crippen LogP contribution in [0.5, 0.6) is 0 Å². The van der Waals surface area contributed by atoms with Crippen LogP contribution in [0.4, 0.5) is 5.69 Å². The number of benzene rings is 2. The highest BCUT2D eigenvalue weighted by Gasteiger charge is 2.26. The summed E-state index contributed by atoms with van der Waals surface area (Å²) in [6, 6.07) is 17.5. The summed E-state index contributed by atoms with van der Waals surface area (Å²) < 4.78 is 3.34. The van der Waals surface area contributed by atoms with Gasteiger partial charge in [0.05, 0.1) is 11.4 Å². The van der Waals surface area contributed by atoms with Gasteiger partial charge in [-0.1, -0.05) is 35.9 Å². The average molecular weight is 412 g/mol. The van der Waals surface area contributed by atoms with Crippen molar-refractivity contribution in [2.24, 2.45) is 0 Å². The van der Waals surface area contributed by atoms with Crippen LogP contribution >= 0.6 is 0 Å². The van der Waals surface area contributed by atoms with Gasteiger partial charge in [0.1, 0.15) is 12.2 Å². The first-order valence-electron chi connectivity index (χ1n) is 10.5. The molecule has 4 aromatic rings. The van der Waals surface area contributed by atoms with Gasteiger partial charge in [0.25, 0.3) is 5.56 Å². The molecule has 5 rings (SSSR count). The molecule has 0 unspecified atom stereocenters. The van der Waals surface area contributed by atoms with E-state index in [1.807, 2.05) is 63.2 Å². The molecule has 31 heavy (non-hydrogen) atoms. The molecule has 0 atom stereocenters. The molecule has 1 aliphatic heterocycles. The minimum absolute atomic E-state index is 0.0268. The molecule has 0 saturated carbocycles. The quantitative estimate of drug-likeness (QED) is 0.516. The number of amides is 1. The second-order valence-corrected chi connectivity index (χ2v) is 8.21. The van der Waals surface area contributed by atoms with Crippen LogP contribution in [-0.2, 0) is 17.8 Å². The zero-order valence-electron chi connectivity index (χ0n) is 17.9. The van der Waals surface area contributed by atoms with Crippen LogP contribution in [0.3, 0.4) is 0 Å². The first-order chi connectivity index (χ1) is 14.9. The third kappa shape index (κ3) is 3.15. The lowest BCUT2D eigenvalue weighted by molar-refractivity contribution is -0.119. The molecule has 1 aliphatic rings. The minimum atomic E-state index is -0.195. The largest absolute Gasteiger partial charge is 0.310 e. The van der Waals surface area contributed by atoms with E-state index in [1.54, 1.807) is 20.2 Å². The molecule has 0 bridgehead atoms. The number of nitrogens with zero attached hydrogens (tertiary/aromatic N) is 4. The summed E-state index contributed by atoms with van der Waals surface area (Å²) in [6.07, 6.45) is 0.834. The molecule has 0 spiro atoms. The van der Waals surface area contributed by atoms with E-state index in [9.17, 15) is 9.59 Å². The average Bonchev–Trinajstić information content (AvgIpc) is 3.33. The maximum absolute atomic E-state index is 13.3. The summed E-state index contributed by atoms with van der Waals surface area (Å²) in [6.45, 7) is 6.50. The number of carbonyl (C=O) groups excluding carboxylic acids is 1. The molecule has 0 radical (unpaired) electrons. The molecule has 3 heterocycles. The number of carbonyl (C=O) groups is 1. The summed E-state index contributed by atoms with van der Waals surface area (Å²) in [4.78, 5) is 28.1. The van der Waals surface area contributed by atoms with Crippen molar-refractivity contribution in [1.29, 1.82) is 0 Å². The molecule has 6 heteroatoms. The Kier molecular flexibility index (Phi) is 4.50. The first kappa shape index (κ1) is 19.3. The van der Waals surface area contributed by atoms with E-state index in [0.717, 1.165) is 45.6 Å². The van der Waals surface area contributed by atoms with Crippen molar-refractivity contribution in [2.45, 2.75) is 33.7 Å². The molecule has 156 valence electrons. The number of fused-ring (bicyclic) bond motifs is 2. The molecule has 0 fully saturated rings. The predicted octanol–water partition coefficient (Wildman–Crippen LogP) is 3.70. The third-order valence-electron chi connectivity index (χ3n) is 6.05. The molecule has 2 aromatic carbocycles. The second kappa shape index (κ2) is 7.23. The number of hydrogen-bond acceptors (Lipinski definition) is 3. The van der Waals surface area contributed by atoms with Gasteiger partial charge in [0.2, 0.25) is 5.91 Å². The topological polar surface area (TPSA) is 60.1 Å². The molecule has 2 aromatic heterocycles. The second-order valence-electron chi connectivity index (χ2n) is 8.21. The fourth-order valence-corrected chi connectivity index (χ4v) is 4.50. The number of para-hydroxylation sites is 1. The van der Waals surface area contributed by atoms with Crippen LogP contribution in [0, 0.1) is 20.8 Å². The Balaban J connectivity index is 1.64. The fourth-order valence-electron chi connectivity index (χ4n) is 4.50. The highest BCUT2D eigenvalue weighted by molar-refractivity contribution is 5.96. The zero-order chi connectivity index (χ0) is 21.7. The Morgan fingerprint density at radius 2 is 1.77 bits per heavy atom. The lowest BCUT2D eigenvalue weighted by Crippen LogP contribution is -2.36. The van der Waals surface area contributed by atoms with E-state index >= 15 is 0 Å². The van der Waals surface area contributed by atoms with Gasteiger partial charge in [-0.3, -0.25) is 14.2 Å². The maximum atomic E-state index is 13.3. The molecule has 1 amide bonds. The van der Waals surface area contributed by atoms with Crippen LogP contribution in [-0.4, -0.2) is 26.8 Å². The van der Waals surface area contributed by atoms with E-state index in [2.05, 4.69) is 6.07 Å². The SMILES string of the molecule is Cc1ccc(-n2nc(C)c3c(C)cc(=O)n(CC(=O)N4CCc5ccccc54)c32)cc1. The van der Waals surface area contributed by atoms with Gasteiger partial charge in [-0.25, -0.2) is 4.68 Å². The van der Waals surface area contributed by atoms with Crippen molar-refractivity contribution < 1.29 is 4.79 Å². The fraction of sp³-hybridized carbons (Fsp3) is 0.240. The van der Waals surface area contributed by atoms with E-state index < -0.39 is 0 Å². The number of pyridine rings is 1. The number of hydrogen-bond donors (Lipinski definition) is 0. The molecular formula is C25H24N4O2. The number of aromatic nitrogens is 3. The Morgan fingerprint density at radius 1 is 1.03 bits per heavy atom. The number of anilines is 1. The predicted molar refractivity (Wildman–Crippen MR) is 122 cm³/mol. The number of aryl methyl sites for hydroxylation is 3. The van der Waals surface area contributed by atoms with Gasteiger partial charge in [0, 0.05) is 23.7 Å². The van der Waals surface area contributed by atoms with Crippen LogP contribution < -0.4 is 10.5 Å². The number of rotatable bonds is 3. The van der Waals surface area contributed by atoms with Crippen molar-refractivity contribution in [3.63, 3.8) is 0 Å². The van der Waals surface area contributed by atoms with Crippen LogP contribution in [0.25, 0.3) is 16.7 Å². The van der Waals surface area contributed by atoms with E-state index in [-0.39, 0.29) is 18.0 Å². The van der Waals surface area contributed by atoms with Crippen LogP contribution in [0.2, 0.25) is 0 Å². The van der Waals surface area contributed by atoms with Crippen LogP contribution in [0.1, 0.15) is 22.4 Å². The lowest BCUT2D eigenvalue weighted by Gasteiger charge is -2.19. The standard InChI is InChI=1S/C25H24N4O2/c1-16-8-10-20(11-9-16)29-25-24(18(3)26-29)17(2)14-22(30)28(25)15-23(31)27-13-12-19-6-4-5-7-21(19)27/h4-11,14H,12-13,15H2,1-3H3. The Labute approximate surface area is 180 Å². The van der Waals surface area contributed by atoms with Gasteiger partial charge < -0.3 is 4.90 Å². The van der Waals surface area contributed by atoms with Crippen molar-refractivity contribution in [2.75, 3.05) is 11.4 Å². The summed E-state index contributed by atoms with van der Waals surface area (Å²) in [5, 5.41) is 5.64. The van der Waals surface area contributed by atoms with Gasteiger partial charge in [0.15, 0.2) is 0 Å². The highest BCUT2D eigenvalue weighted by atomic mass is 16.2. The van der Waals surface area contributed by atoms with E-state index in [4.69, 9.17) is 5.10 Å².